The number of phenols is 1. The number of phenolic OH excluding ortho intramolecular Hbond substituents is 1. The molecule has 2 saturated carbocycles. The Kier molecular flexibility index (Phi) is 4.31. The van der Waals surface area contributed by atoms with Crippen LogP contribution in [0.5, 0.6) is 5.75 Å². The van der Waals surface area contributed by atoms with Crippen LogP contribution in [0.15, 0.2) is 41.0 Å². The van der Waals surface area contributed by atoms with Crippen molar-refractivity contribution in [1.29, 1.82) is 0 Å². The van der Waals surface area contributed by atoms with Gasteiger partial charge < -0.3 is 10.2 Å². The van der Waals surface area contributed by atoms with Crippen molar-refractivity contribution in [1.82, 2.24) is 0 Å². The largest absolute Gasteiger partial charge is 0.508 e. The lowest BCUT2D eigenvalue weighted by atomic mass is 9.50. The fourth-order valence-corrected chi connectivity index (χ4v) is 7.00. The van der Waals surface area contributed by atoms with Crippen LogP contribution in [0.25, 0.3) is 0 Å². The summed E-state index contributed by atoms with van der Waals surface area (Å²) in [4.78, 5) is 0. The molecular formula is C22H27IO2. The van der Waals surface area contributed by atoms with Crippen LogP contribution in [-0.2, 0) is 6.42 Å². The zero-order valence-electron chi connectivity index (χ0n) is 14.8. The average molecular weight is 450 g/mol. The van der Waals surface area contributed by atoms with E-state index in [4.69, 9.17) is 0 Å². The molecule has 2 nitrogen and oxygen atoms in total. The lowest BCUT2D eigenvalue weighted by Gasteiger charge is -2.55. The molecule has 0 spiro atoms. The van der Waals surface area contributed by atoms with E-state index in [1.807, 2.05) is 22.3 Å². The lowest BCUT2D eigenvalue weighted by molar-refractivity contribution is -0.0824. The van der Waals surface area contributed by atoms with Gasteiger partial charge in [-0.25, -0.2) is 0 Å². The monoisotopic (exact) mass is 450 g/mol. The van der Waals surface area contributed by atoms with E-state index in [2.05, 4.69) is 48.2 Å². The first-order valence-electron chi connectivity index (χ1n) is 9.38. The average Bonchev–Trinajstić information content (AvgIpc) is 2.85. The first kappa shape index (κ1) is 17.6. The van der Waals surface area contributed by atoms with Crippen LogP contribution < -0.4 is 0 Å². The number of aliphatic hydroxyl groups is 1. The molecule has 0 amide bonds. The molecule has 1 aromatic carbocycles. The summed E-state index contributed by atoms with van der Waals surface area (Å²) in [5.41, 5.74) is 1.93. The Morgan fingerprint density at radius 1 is 1.32 bits per heavy atom. The van der Waals surface area contributed by atoms with Crippen molar-refractivity contribution < 1.29 is 10.2 Å². The second-order valence-electron chi connectivity index (χ2n) is 8.49. The minimum atomic E-state index is -0.694. The molecule has 0 radical (unpaired) electrons. The van der Waals surface area contributed by atoms with Crippen LogP contribution in [0.1, 0.15) is 49.7 Å². The predicted octanol–water partition coefficient (Wildman–Crippen LogP) is 5.34. The molecule has 2 fully saturated rings. The predicted molar refractivity (Wildman–Crippen MR) is 110 cm³/mol. The molecule has 0 aromatic heterocycles. The fourth-order valence-electron chi connectivity index (χ4n) is 6.41. The third-order valence-electron chi connectivity index (χ3n) is 7.62. The molecule has 0 heterocycles. The van der Waals surface area contributed by atoms with Gasteiger partial charge in [-0.05, 0) is 89.2 Å². The number of rotatable bonds is 2. The molecule has 134 valence electrons. The van der Waals surface area contributed by atoms with Crippen LogP contribution in [0.4, 0.5) is 0 Å². The van der Waals surface area contributed by atoms with E-state index in [-0.39, 0.29) is 5.41 Å². The van der Waals surface area contributed by atoms with Crippen molar-refractivity contribution in [2.24, 2.45) is 23.2 Å². The normalized spacial score (nSPS) is 42.7. The Balaban J connectivity index is 1.79. The molecule has 3 aliphatic rings. The van der Waals surface area contributed by atoms with Gasteiger partial charge in [-0.3, -0.25) is 0 Å². The van der Waals surface area contributed by atoms with Crippen molar-refractivity contribution in [2.75, 3.05) is 0 Å². The van der Waals surface area contributed by atoms with Gasteiger partial charge in [0.1, 0.15) is 5.75 Å². The van der Waals surface area contributed by atoms with Gasteiger partial charge in [0.05, 0.1) is 5.60 Å². The molecule has 0 saturated heterocycles. The molecule has 0 bridgehead atoms. The maximum atomic E-state index is 11.4. The van der Waals surface area contributed by atoms with Crippen molar-refractivity contribution >= 4 is 22.6 Å². The van der Waals surface area contributed by atoms with Gasteiger partial charge in [0, 0.05) is 5.41 Å². The zero-order chi connectivity index (χ0) is 17.8. The van der Waals surface area contributed by atoms with Gasteiger partial charge in [0.25, 0.3) is 0 Å². The van der Waals surface area contributed by atoms with Gasteiger partial charge >= 0.3 is 0 Å². The molecule has 3 aliphatic carbocycles. The van der Waals surface area contributed by atoms with Crippen LogP contribution in [-0.4, -0.2) is 15.8 Å². The summed E-state index contributed by atoms with van der Waals surface area (Å²) in [5, 5.41) is 21.3. The second kappa shape index (κ2) is 6.12. The number of benzene rings is 1. The van der Waals surface area contributed by atoms with E-state index in [9.17, 15) is 10.2 Å². The lowest BCUT2D eigenvalue weighted by Crippen LogP contribution is -2.52. The molecule has 1 aromatic rings. The van der Waals surface area contributed by atoms with E-state index in [0.29, 0.717) is 29.4 Å². The van der Waals surface area contributed by atoms with E-state index in [1.165, 1.54) is 11.1 Å². The first-order chi connectivity index (χ1) is 11.9. The van der Waals surface area contributed by atoms with Crippen LogP contribution in [0, 0.1) is 23.2 Å². The maximum absolute atomic E-state index is 11.4. The Bertz CT molecular complexity index is 727. The zero-order valence-corrected chi connectivity index (χ0v) is 16.9. The highest BCUT2D eigenvalue weighted by Crippen LogP contribution is 2.66. The first-order valence-corrected chi connectivity index (χ1v) is 10.6. The summed E-state index contributed by atoms with van der Waals surface area (Å²) in [5.74, 6) is 2.37. The summed E-state index contributed by atoms with van der Waals surface area (Å²) >= 11 is 2.23. The van der Waals surface area contributed by atoms with E-state index >= 15 is 0 Å². The summed E-state index contributed by atoms with van der Waals surface area (Å²) in [6.07, 6.45) is 9.28. The van der Waals surface area contributed by atoms with Crippen LogP contribution >= 0.6 is 22.6 Å². The van der Waals surface area contributed by atoms with Crippen molar-refractivity contribution in [2.45, 2.75) is 50.5 Å². The van der Waals surface area contributed by atoms with Gasteiger partial charge in [0.15, 0.2) is 0 Å². The minimum absolute atomic E-state index is 0.0802. The van der Waals surface area contributed by atoms with Crippen molar-refractivity contribution in [3.8, 4) is 5.75 Å². The highest BCUT2D eigenvalue weighted by atomic mass is 127. The number of halogens is 1. The molecular weight excluding hydrogens is 423 g/mol. The second-order valence-corrected chi connectivity index (χ2v) is 9.21. The van der Waals surface area contributed by atoms with Gasteiger partial charge in [-0.15, -0.1) is 6.58 Å². The van der Waals surface area contributed by atoms with Gasteiger partial charge in [0.2, 0.25) is 0 Å². The molecule has 2 N–H and O–H groups in total. The van der Waals surface area contributed by atoms with E-state index < -0.39 is 5.60 Å². The van der Waals surface area contributed by atoms with Crippen LogP contribution in [0.3, 0.4) is 0 Å². The van der Waals surface area contributed by atoms with Gasteiger partial charge in [-0.2, -0.15) is 0 Å². The van der Waals surface area contributed by atoms with Crippen LogP contribution in [0.2, 0.25) is 0 Å². The highest BCUT2D eigenvalue weighted by molar-refractivity contribution is 14.1. The Morgan fingerprint density at radius 2 is 2.12 bits per heavy atom. The third-order valence-corrected chi connectivity index (χ3v) is 7.98. The Labute approximate surface area is 164 Å². The Hall–Kier alpha value is -0.810. The molecule has 0 aliphatic heterocycles. The summed E-state index contributed by atoms with van der Waals surface area (Å²) in [6, 6.07) is 5.91. The summed E-state index contributed by atoms with van der Waals surface area (Å²) in [7, 11) is 0. The summed E-state index contributed by atoms with van der Waals surface area (Å²) < 4.78 is 1.99. The molecule has 4 rings (SSSR count). The number of aromatic hydroxyl groups is 1. The molecule has 6 atom stereocenters. The topological polar surface area (TPSA) is 40.5 Å². The molecule has 3 heteroatoms. The SMILES string of the molecule is C=C[C@H]1C[C@@]2(C)[C@@H](CC[C@@]2(O)/C=C/I)[C@@H]2CCc3cc(O)ccc3[C@H]21. The number of hydrogen-bond donors (Lipinski definition) is 2. The number of aryl methyl sites for hydroxylation is 1. The van der Waals surface area contributed by atoms with E-state index in [1.54, 1.807) is 0 Å². The molecule has 25 heavy (non-hydrogen) atoms. The number of hydrogen-bond acceptors (Lipinski definition) is 2. The van der Waals surface area contributed by atoms with Gasteiger partial charge in [-0.1, -0.05) is 41.7 Å². The third kappa shape index (κ3) is 2.45. The number of fused-ring (bicyclic) bond motifs is 5. The van der Waals surface area contributed by atoms with E-state index in [0.717, 1.165) is 32.1 Å². The fraction of sp³-hybridized carbons (Fsp3) is 0.545. The summed E-state index contributed by atoms with van der Waals surface area (Å²) in [6.45, 7) is 6.46. The minimum Gasteiger partial charge on any atom is -0.508 e. The quantitative estimate of drug-likeness (QED) is 0.472. The Morgan fingerprint density at radius 3 is 2.84 bits per heavy atom. The standard InChI is InChI=1S/C22H27IO2/c1-3-14-13-21(2)19(8-9-22(21,25)10-11-23)18-6-4-15-12-16(24)5-7-17(15)20(14)18/h3,5,7,10-12,14,18-20,24-25H,1,4,6,8-9,13H2,2H3/b11-10+/t14-,18-,19-,20+,21-,22+/m0/s1. The van der Waals surface area contributed by atoms with Crippen molar-refractivity contribution in [3.63, 3.8) is 0 Å². The number of allylic oxidation sites excluding steroid dienone is 1. The maximum Gasteiger partial charge on any atom is 0.115 e. The van der Waals surface area contributed by atoms with Crippen molar-refractivity contribution in [3.05, 3.63) is 52.1 Å². The molecule has 0 unspecified atom stereocenters. The highest BCUT2D eigenvalue weighted by Gasteiger charge is 2.62. The smallest absolute Gasteiger partial charge is 0.115 e.